The summed E-state index contributed by atoms with van der Waals surface area (Å²) in [6, 6.07) is 8.66. The van der Waals surface area contributed by atoms with Crippen molar-refractivity contribution < 1.29 is 28.4 Å². The molecule has 0 bridgehead atoms. The molecule has 210 valence electrons. The van der Waals surface area contributed by atoms with Gasteiger partial charge in [-0.2, -0.15) is 0 Å². The predicted octanol–water partition coefficient (Wildman–Crippen LogP) is 2.01. The number of benzene rings is 1. The van der Waals surface area contributed by atoms with Crippen LogP contribution in [0.3, 0.4) is 0 Å². The number of carbonyl (C=O) groups is 3. The summed E-state index contributed by atoms with van der Waals surface area (Å²) in [6.45, 7) is 9.72. The fourth-order valence-corrected chi connectivity index (χ4v) is 4.39. The van der Waals surface area contributed by atoms with Crippen molar-refractivity contribution in [1.29, 1.82) is 0 Å². The molecule has 0 aromatic heterocycles. The lowest BCUT2D eigenvalue weighted by Crippen LogP contribution is -2.57. The zero-order chi connectivity index (χ0) is 27.9. The third kappa shape index (κ3) is 7.94. The van der Waals surface area contributed by atoms with Crippen LogP contribution in [-0.4, -0.2) is 98.3 Å². The van der Waals surface area contributed by atoms with Crippen molar-refractivity contribution in [3.05, 3.63) is 35.9 Å². The SMILES string of the molecule is CN(C)C(=O)NC(CC(=O)N1CCOCC1)C(=O)N[C@@H](CCCc1ccccc1)B1OC(C)(C)C(C)(C)O1. The van der Waals surface area contributed by atoms with Gasteiger partial charge < -0.3 is 34.5 Å². The van der Waals surface area contributed by atoms with E-state index >= 15 is 0 Å². The molecule has 0 radical (unpaired) electrons. The summed E-state index contributed by atoms with van der Waals surface area (Å²) < 4.78 is 17.9. The highest BCUT2D eigenvalue weighted by Gasteiger charge is 2.54. The number of carbonyl (C=O) groups excluding carboxylic acids is 3. The van der Waals surface area contributed by atoms with Gasteiger partial charge in [-0.3, -0.25) is 9.59 Å². The predicted molar refractivity (Wildman–Crippen MR) is 145 cm³/mol. The van der Waals surface area contributed by atoms with Gasteiger partial charge in [-0.05, 0) is 52.5 Å². The Morgan fingerprint density at radius 1 is 1.00 bits per heavy atom. The summed E-state index contributed by atoms with van der Waals surface area (Å²) in [5.41, 5.74) is 0.0780. The van der Waals surface area contributed by atoms with Crippen LogP contribution in [0.25, 0.3) is 0 Å². The van der Waals surface area contributed by atoms with E-state index < -0.39 is 42.2 Å². The maximum Gasteiger partial charge on any atom is 0.481 e. The molecule has 2 N–H and O–H groups in total. The minimum Gasteiger partial charge on any atom is -0.402 e. The Balaban J connectivity index is 1.74. The lowest BCUT2D eigenvalue weighted by Gasteiger charge is -2.32. The highest BCUT2D eigenvalue weighted by molar-refractivity contribution is 6.48. The van der Waals surface area contributed by atoms with E-state index in [-0.39, 0.29) is 12.3 Å². The molecule has 2 fully saturated rings. The van der Waals surface area contributed by atoms with Crippen LogP contribution >= 0.6 is 0 Å². The fourth-order valence-electron chi connectivity index (χ4n) is 4.39. The van der Waals surface area contributed by atoms with Crippen molar-refractivity contribution in [1.82, 2.24) is 20.4 Å². The number of hydrogen-bond donors (Lipinski definition) is 2. The van der Waals surface area contributed by atoms with Crippen LogP contribution in [-0.2, 0) is 30.1 Å². The van der Waals surface area contributed by atoms with E-state index in [4.69, 9.17) is 14.0 Å². The van der Waals surface area contributed by atoms with Crippen LogP contribution < -0.4 is 10.6 Å². The van der Waals surface area contributed by atoms with Gasteiger partial charge in [0.15, 0.2) is 0 Å². The molecule has 0 saturated carbocycles. The summed E-state index contributed by atoms with van der Waals surface area (Å²) in [7, 11) is 2.51. The molecule has 2 heterocycles. The average molecular weight is 530 g/mol. The second kappa shape index (κ2) is 13.0. The quantitative estimate of drug-likeness (QED) is 0.448. The molecule has 11 heteroatoms. The summed E-state index contributed by atoms with van der Waals surface area (Å²) >= 11 is 0. The number of rotatable bonds is 10. The number of morpholine rings is 1. The maximum atomic E-state index is 13.6. The van der Waals surface area contributed by atoms with E-state index in [0.29, 0.717) is 32.7 Å². The number of hydrogen-bond acceptors (Lipinski definition) is 6. The van der Waals surface area contributed by atoms with E-state index in [0.717, 1.165) is 12.8 Å². The van der Waals surface area contributed by atoms with Crippen LogP contribution in [0.1, 0.15) is 52.5 Å². The first kappa shape index (κ1) is 29.9. The fraction of sp³-hybridized carbons (Fsp3) is 0.667. The van der Waals surface area contributed by atoms with Crippen LogP contribution in [0.5, 0.6) is 0 Å². The van der Waals surface area contributed by atoms with Crippen molar-refractivity contribution in [3.63, 3.8) is 0 Å². The highest BCUT2D eigenvalue weighted by atomic mass is 16.7. The lowest BCUT2D eigenvalue weighted by molar-refractivity contribution is -0.138. The minimum atomic E-state index is -1.04. The molecular weight excluding hydrogens is 487 g/mol. The van der Waals surface area contributed by atoms with Gasteiger partial charge in [0.2, 0.25) is 11.8 Å². The Morgan fingerprint density at radius 2 is 1.61 bits per heavy atom. The minimum absolute atomic E-state index is 0.147. The molecule has 3 rings (SSSR count). The summed E-state index contributed by atoms with van der Waals surface area (Å²) in [5.74, 6) is -1.12. The van der Waals surface area contributed by atoms with Gasteiger partial charge in [0.25, 0.3) is 0 Å². The third-order valence-corrected chi connectivity index (χ3v) is 7.51. The van der Waals surface area contributed by atoms with Gasteiger partial charge in [-0.25, -0.2) is 4.79 Å². The van der Waals surface area contributed by atoms with Crippen LogP contribution in [0, 0.1) is 0 Å². The second-order valence-corrected chi connectivity index (χ2v) is 11.2. The average Bonchev–Trinajstić information content (AvgIpc) is 3.10. The zero-order valence-corrected chi connectivity index (χ0v) is 23.6. The third-order valence-electron chi connectivity index (χ3n) is 7.51. The molecule has 1 aromatic carbocycles. The van der Waals surface area contributed by atoms with E-state index in [9.17, 15) is 14.4 Å². The summed E-state index contributed by atoms with van der Waals surface area (Å²) in [5, 5.41) is 5.77. The molecule has 4 amide bonds. The van der Waals surface area contributed by atoms with Crippen molar-refractivity contribution in [2.24, 2.45) is 0 Å². The molecule has 2 saturated heterocycles. The summed E-state index contributed by atoms with van der Waals surface area (Å²) in [4.78, 5) is 42.1. The maximum absolute atomic E-state index is 13.6. The zero-order valence-electron chi connectivity index (χ0n) is 23.6. The Morgan fingerprint density at radius 3 is 2.18 bits per heavy atom. The number of ether oxygens (including phenoxy) is 1. The highest BCUT2D eigenvalue weighted by Crippen LogP contribution is 2.38. The van der Waals surface area contributed by atoms with Gasteiger partial charge in [0.05, 0.1) is 36.8 Å². The topological polar surface area (TPSA) is 109 Å². The monoisotopic (exact) mass is 530 g/mol. The van der Waals surface area contributed by atoms with Crippen molar-refractivity contribution >= 4 is 25.0 Å². The first-order valence-electron chi connectivity index (χ1n) is 13.4. The van der Waals surface area contributed by atoms with Crippen molar-refractivity contribution in [2.75, 3.05) is 40.4 Å². The first-order chi connectivity index (χ1) is 17.9. The lowest BCUT2D eigenvalue weighted by atomic mass is 9.75. The largest absolute Gasteiger partial charge is 0.481 e. The van der Waals surface area contributed by atoms with Gasteiger partial charge in [-0.1, -0.05) is 30.3 Å². The van der Waals surface area contributed by atoms with E-state index in [2.05, 4.69) is 22.8 Å². The Kier molecular flexibility index (Phi) is 10.2. The molecule has 38 heavy (non-hydrogen) atoms. The van der Waals surface area contributed by atoms with E-state index in [1.807, 2.05) is 45.9 Å². The van der Waals surface area contributed by atoms with E-state index in [1.54, 1.807) is 19.0 Å². The first-order valence-corrected chi connectivity index (χ1v) is 13.4. The Labute approximate surface area is 226 Å². The Bertz CT molecular complexity index is 936. The number of aryl methyl sites for hydroxylation is 1. The molecule has 0 aliphatic carbocycles. The Hall–Kier alpha value is -2.63. The standard InChI is InChI=1S/C27H43BN4O6/c1-26(2)27(3,4)38-28(37-26)22(14-10-13-20-11-8-7-9-12-20)30-24(34)21(29-25(35)31(5)6)19-23(33)32-15-17-36-18-16-32/h7-9,11-12,21-22H,10,13-19H2,1-6H3,(H,29,35)(H,30,34)/t21?,22-/m0/s1. The van der Waals surface area contributed by atoms with Crippen molar-refractivity contribution in [3.8, 4) is 0 Å². The molecule has 2 aliphatic heterocycles. The number of urea groups is 1. The smallest absolute Gasteiger partial charge is 0.402 e. The van der Waals surface area contributed by atoms with Gasteiger partial charge >= 0.3 is 13.1 Å². The molecule has 1 aromatic rings. The number of amides is 4. The number of nitrogens with one attached hydrogen (secondary N) is 2. The van der Waals surface area contributed by atoms with Gasteiger partial charge in [0, 0.05) is 27.2 Å². The van der Waals surface area contributed by atoms with Gasteiger partial charge in [-0.15, -0.1) is 0 Å². The molecule has 1 unspecified atom stereocenters. The van der Waals surface area contributed by atoms with E-state index in [1.165, 1.54) is 10.5 Å². The molecule has 2 aliphatic rings. The van der Waals surface area contributed by atoms with Crippen molar-refractivity contribution in [2.45, 2.75) is 76.6 Å². The van der Waals surface area contributed by atoms with Gasteiger partial charge in [0.1, 0.15) is 6.04 Å². The molecule has 10 nitrogen and oxygen atoms in total. The second-order valence-electron chi connectivity index (χ2n) is 11.2. The molecular formula is C27H43BN4O6. The van der Waals surface area contributed by atoms with Crippen LogP contribution in [0.15, 0.2) is 30.3 Å². The van der Waals surface area contributed by atoms with Crippen LogP contribution in [0.2, 0.25) is 0 Å². The summed E-state index contributed by atoms with van der Waals surface area (Å²) in [6.07, 6.45) is 2.08. The molecule has 2 atom stereocenters. The molecule has 0 spiro atoms. The normalized spacial score (nSPS) is 19.9. The van der Waals surface area contributed by atoms with Crippen LogP contribution in [0.4, 0.5) is 4.79 Å². The number of nitrogens with zero attached hydrogens (tertiary/aromatic N) is 2.